The summed E-state index contributed by atoms with van der Waals surface area (Å²) in [5, 5.41) is 9.01. The molecule has 1 aliphatic rings. The molecule has 0 saturated carbocycles. The van der Waals surface area contributed by atoms with Gasteiger partial charge in [0.25, 0.3) is 0 Å². The van der Waals surface area contributed by atoms with Gasteiger partial charge in [0.15, 0.2) is 0 Å². The van der Waals surface area contributed by atoms with Crippen molar-refractivity contribution in [2.45, 2.75) is 27.2 Å². The molecule has 1 unspecified atom stereocenters. The highest BCUT2D eigenvalue weighted by Crippen LogP contribution is 2.34. The van der Waals surface area contributed by atoms with Gasteiger partial charge in [-0.2, -0.15) is 5.26 Å². The number of rotatable bonds is 2. The Morgan fingerprint density at radius 3 is 2.71 bits per heavy atom. The fraction of sp³-hybridized carbons (Fsp3) is 0.583. The van der Waals surface area contributed by atoms with Crippen molar-refractivity contribution in [1.82, 2.24) is 0 Å². The molecular formula is C12H16IN. The number of nitrogens with zero attached hydrogens (tertiary/aromatic N) is 1. The van der Waals surface area contributed by atoms with Gasteiger partial charge in [-0.1, -0.05) is 32.4 Å². The molecule has 76 valence electrons. The summed E-state index contributed by atoms with van der Waals surface area (Å²) in [6, 6.07) is 2.37. The zero-order valence-electron chi connectivity index (χ0n) is 8.92. The number of hydrogen-bond acceptors (Lipinski definition) is 1. The summed E-state index contributed by atoms with van der Waals surface area (Å²) in [6.07, 6.45) is 5.41. The Hall–Kier alpha value is -0.300. The molecule has 0 spiro atoms. The molecule has 0 N–H and O–H groups in total. The molecule has 0 aliphatic heterocycles. The first kappa shape index (κ1) is 11.8. The number of halogens is 1. The number of hydrogen-bond donors (Lipinski definition) is 0. The predicted molar refractivity (Wildman–Crippen MR) is 67.9 cm³/mol. The van der Waals surface area contributed by atoms with E-state index in [-0.39, 0.29) is 5.92 Å². The molecule has 2 heteroatoms. The zero-order valence-corrected chi connectivity index (χ0v) is 11.1. The number of nitriles is 1. The van der Waals surface area contributed by atoms with E-state index in [2.05, 4.69) is 61.6 Å². The van der Waals surface area contributed by atoms with Crippen LogP contribution in [0.3, 0.4) is 0 Å². The van der Waals surface area contributed by atoms with Gasteiger partial charge in [-0.15, -0.1) is 0 Å². The topological polar surface area (TPSA) is 23.8 Å². The molecule has 0 radical (unpaired) electrons. The van der Waals surface area contributed by atoms with Crippen LogP contribution in [0.25, 0.3) is 0 Å². The Morgan fingerprint density at radius 1 is 1.57 bits per heavy atom. The van der Waals surface area contributed by atoms with Crippen molar-refractivity contribution in [3.05, 3.63) is 21.3 Å². The summed E-state index contributed by atoms with van der Waals surface area (Å²) in [6.45, 7) is 6.60. The van der Waals surface area contributed by atoms with E-state index in [4.69, 9.17) is 5.26 Å². The van der Waals surface area contributed by atoms with Crippen LogP contribution in [0.5, 0.6) is 0 Å². The summed E-state index contributed by atoms with van der Waals surface area (Å²) in [4.78, 5) is 0. The summed E-state index contributed by atoms with van der Waals surface area (Å²) in [5.74, 6) is 1.13. The van der Waals surface area contributed by atoms with Gasteiger partial charge < -0.3 is 0 Å². The molecular weight excluding hydrogens is 285 g/mol. The molecule has 14 heavy (non-hydrogen) atoms. The molecule has 0 heterocycles. The van der Waals surface area contributed by atoms with Crippen LogP contribution in [0.15, 0.2) is 21.3 Å². The quantitative estimate of drug-likeness (QED) is 0.705. The molecule has 0 fully saturated rings. The average Bonchev–Trinajstić information content (AvgIpc) is 2.09. The van der Waals surface area contributed by atoms with Crippen molar-refractivity contribution >= 4 is 22.6 Å². The van der Waals surface area contributed by atoms with Crippen molar-refractivity contribution in [3.63, 3.8) is 0 Å². The molecule has 0 amide bonds. The first-order valence-electron chi connectivity index (χ1n) is 5.02. The standard InChI is InChI=1S/C12H16IN/c1-8(2)4-10-5-12(13)6-11(7-14)9(10)3/h5-6,8-9,11H,4H2,1-3H3/t9?,11-/m1/s1. The lowest BCUT2D eigenvalue weighted by atomic mass is 9.81. The summed E-state index contributed by atoms with van der Waals surface area (Å²) in [5.41, 5.74) is 1.43. The van der Waals surface area contributed by atoms with E-state index in [0.29, 0.717) is 11.8 Å². The lowest BCUT2D eigenvalue weighted by molar-refractivity contribution is 0.514. The third kappa shape index (κ3) is 2.84. The van der Waals surface area contributed by atoms with Crippen molar-refractivity contribution in [2.75, 3.05) is 0 Å². The van der Waals surface area contributed by atoms with Crippen molar-refractivity contribution in [1.29, 1.82) is 5.26 Å². The van der Waals surface area contributed by atoms with E-state index in [9.17, 15) is 0 Å². The van der Waals surface area contributed by atoms with Crippen LogP contribution in [0.2, 0.25) is 0 Å². The maximum absolute atomic E-state index is 9.01. The van der Waals surface area contributed by atoms with Gasteiger partial charge in [0.2, 0.25) is 0 Å². The van der Waals surface area contributed by atoms with Gasteiger partial charge >= 0.3 is 0 Å². The minimum absolute atomic E-state index is 0.0700. The summed E-state index contributed by atoms with van der Waals surface area (Å²) < 4.78 is 1.21. The Kier molecular flexibility index (Phi) is 4.18. The van der Waals surface area contributed by atoms with Crippen LogP contribution in [0.1, 0.15) is 27.2 Å². The first-order chi connectivity index (χ1) is 6.54. The molecule has 2 atom stereocenters. The molecule has 0 bridgehead atoms. The van der Waals surface area contributed by atoms with Gasteiger partial charge in [0.1, 0.15) is 0 Å². The van der Waals surface area contributed by atoms with E-state index in [1.54, 1.807) is 0 Å². The van der Waals surface area contributed by atoms with Gasteiger partial charge in [0.05, 0.1) is 12.0 Å². The Balaban J connectivity index is 2.85. The third-order valence-corrected chi connectivity index (χ3v) is 3.25. The molecule has 1 aliphatic carbocycles. The van der Waals surface area contributed by atoms with Crippen LogP contribution in [-0.2, 0) is 0 Å². The SMILES string of the molecule is CC(C)CC1=CC(I)=C[C@H](C#N)C1C. The highest BCUT2D eigenvalue weighted by Gasteiger charge is 2.22. The summed E-state index contributed by atoms with van der Waals surface area (Å²) in [7, 11) is 0. The molecule has 0 aromatic rings. The molecule has 1 rings (SSSR count). The largest absolute Gasteiger partial charge is 0.198 e. The Morgan fingerprint density at radius 2 is 2.21 bits per heavy atom. The van der Waals surface area contributed by atoms with Gasteiger partial charge in [-0.3, -0.25) is 0 Å². The maximum atomic E-state index is 9.01. The normalized spacial score (nSPS) is 26.9. The minimum Gasteiger partial charge on any atom is -0.198 e. The van der Waals surface area contributed by atoms with Crippen molar-refractivity contribution in [3.8, 4) is 6.07 Å². The number of allylic oxidation sites excluding steroid dienone is 4. The minimum atomic E-state index is 0.0700. The zero-order chi connectivity index (χ0) is 10.7. The van der Waals surface area contributed by atoms with Crippen molar-refractivity contribution < 1.29 is 0 Å². The Labute approximate surface area is 100 Å². The van der Waals surface area contributed by atoms with Crippen LogP contribution in [-0.4, -0.2) is 0 Å². The van der Waals surface area contributed by atoms with Crippen molar-refractivity contribution in [2.24, 2.45) is 17.8 Å². The van der Waals surface area contributed by atoms with Gasteiger partial charge in [-0.05, 0) is 46.9 Å². The fourth-order valence-corrected chi connectivity index (χ4v) is 2.56. The molecule has 1 nitrogen and oxygen atoms in total. The van der Waals surface area contributed by atoms with E-state index in [0.717, 1.165) is 6.42 Å². The fourth-order valence-electron chi connectivity index (χ4n) is 1.77. The average molecular weight is 301 g/mol. The maximum Gasteiger partial charge on any atom is 0.0719 e. The molecule has 0 saturated heterocycles. The van der Waals surface area contributed by atoms with Crippen LogP contribution in [0.4, 0.5) is 0 Å². The summed E-state index contributed by atoms with van der Waals surface area (Å²) >= 11 is 2.30. The van der Waals surface area contributed by atoms with Crippen LogP contribution in [0, 0.1) is 29.1 Å². The highest BCUT2D eigenvalue weighted by molar-refractivity contribution is 14.1. The lowest BCUT2D eigenvalue weighted by Gasteiger charge is -2.24. The molecule has 0 aromatic carbocycles. The Bertz CT molecular complexity index is 307. The monoisotopic (exact) mass is 301 g/mol. The van der Waals surface area contributed by atoms with E-state index in [1.807, 2.05) is 0 Å². The highest BCUT2D eigenvalue weighted by atomic mass is 127. The smallest absolute Gasteiger partial charge is 0.0719 e. The first-order valence-corrected chi connectivity index (χ1v) is 6.10. The van der Waals surface area contributed by atoms with Crippen LogP contribution >= 0.6 is 22.6 Å². The van der Waals surface area contributed by atoms with Gasteiger partial charge in [-0.25, -0.2) is 0 Å². The second-order valence-corrected chi connectivity index (χ2v) is 5.56. The second kappa shape index (κ2) is 4.97. The van der Waals surface area contributed by atoms with E-state index >= 15 is 0 Å². The predicted octanol–water partition coefficient (Wildman–Crippen LogP) is 4.07. The second-order valence-electron chi connectivity index (χ2n) is 4.31. The van der Waals surface area contributed by atoms with Gasteiger partial charge in [0, 0.05) is 3.58 Å². The van der Waals surface area contributed by atoms with E-state index in [1.165, 1.54) is 9.15 Å². The third-order valence-electron chi connectivity index (χ3n) is 2.58. The van der Waals surface area contributed by atoms with E-state index < -0.39 is 0 Å². The molecule has 0 aromatic heterocycles. The van der Waals surface area contributed by atoms with Crippen LogP contribution < -0.4 is 0 Å². The lowest BCUT2D eigenvalue weighted by Crippen LogP contribution is -2.15.